The first-order chi connectivity index (χ1) is 13.7. The lowest BCUT2D eigenvalue weighted by Crippen LogP contribution is -2.64. The molecule has 0 radical (unpaired) electrons. The number of rotatable bonds is 8. The normalized spacial score (nSPS) is 25.4. The second-order valence-corrected chi connectivity index (χ2v) is 11.5. The van der Waals surface area contributed by atoms with E-state index in [1.54, 1.807) is 18.2 Å². The Kier molecular flexibility index (Phi) is 7.52. The Hall–Kier alpha value is -0.820. The highest BCUT2D eigenvalue weighted by molar-refractivity contribution is 7.91. The number of amides is 1. The van der Waals surface area contributed by atoms with Crippen molar-refractivity contribution in [3.05, 3.63) is 33.8 Å². The van der Waals surface area contributed by atoms with E-state index in [2.05, 4.69) is 10.2 Å². The van der Waals surface area contributed by atoms with Gasteiger partial charge in [0, 0.05) is 22.9 Å². The van der Waals surface area contributed by atoms with Gasteiger partial charge in [0.1, 0.15) is 0 Å². The Morgan fingerprint density at radius 2 is 1.90 bits per heavy atom. The molecule has 0 spiro atoms. The lowest BCUT2D eigenvalue weighted by molar-refractivity contribution is -0.0276. The third kappa shape index (κ3) is 5.66. The number of hydrogen-bond donors (Lipinski definition) is 1. The molecule has 1 heterocycles. The van der Waals surface area contributed by atoms with Crippen molar-refractivity contribution in [1.29, 1.82) is 0 Å². The minimum atomic E-state index is -2.99. The summed E-state index contributed by atoms with van der Waals surface area (Å²) in [5.74, 6) is 0.467. The molecule has 1 aliphatic carbocycles. The van der Waals surface area contributed by atoms with Crippen LogP contribution in [0.3, 0.4) is 0 Å². The van der Waals surface area contributed by atoms with Gasteiger partial charge in [-0.05, 0) is 69.3 Å². The van der Waals surface area contributed by atoms with Crippen LogP contribution in [0.4, 0.5) is 0 Å². The van der Waals surface area contributed by atoms with Crippen LogP contribution in [0.25, 0.3) is 0 Å². The number of halogens is 2. The third-order valence-corrected chi connectivity index (χ3v) is 8.68. The SMILES string of the molecule is CCCS(=O)(=O)CC1CC(CNC(=O)c2ccc(Cl)cc2Cl)(N2CCCCC2)C1. The summed E-state index contributed by atoms with van der Waals surface area (Å²) in [6.45, 7) is 4.42. The molecular weight excluding hydrogens is 431 g/mol. The zero-order valence-electron chi connectivity index (χ0n) is 16.9. The Morgan fingerprint density at radius 1 is 1.21 bits per heavy atom. The fourth-order valence-corrected chi connectivity index (χ4v) is 7.02. The molecule has 162 valence electrons. The van der Waals surface area contributed by atoms with Crippen molar-refractivity contribution in [3.63, 3.8) is 0 Å². The molecule has 0 bridgehead atoms. The molecule has 1 saturated heterocycles. The first kappa shape index (κ1) is 22.9. The molecule has 29 heavy (non-hydrogen) atoms. The van der Waals surface area contributed by atoms with E-state index in [0.717, 1.165) is 38.8 Å². The van der Waals surface area contributed by atoms with Gasteiger partial charge in [-0.1, -0.05) is 36.5 Å². The van der Waals surface area contributed by atoms with E-state index in [9.17, 15) is 13.2 Å². The zero-order valence-corrected chi connectivity index (χ0v) is 19.3. The molecule has 5 nitrogen and oxygen atoms in total. The minimum Gasteiger partial charge on any atom is -0.350 e. The van der Waals surface area contributed by atoms with Gasteiger partial charge in [-0.15, -0.1) is 0 Å². The molecule has 1 aromatic rings. The van der Waals surface area contributed by atoms with Crippen molar-refractivity contribution in [1.82, 2.24) is 10.2 Å². The Morgan fingerprint density at radius 3 is 2.52 bits per heavy atom. The number of hydrogen-bond acceptors (Lipinski definition) is 4. The van der Waals surface area contributed by atoms with Crippen LogP contribution in [0.5, 0.6) is 0 Å². The number of sulfone groups is 1. The van der Waals surface area contributed by atoms with Gasteiger partial charge in [-0.3, -0.25) is 9.69 Å². The van der Waals surface area contributed by atoms with Crippen molar-refractivity contribution < 1.29 is 13.2 Å². The van der Waals surface area contributed by atoms with Crippen LogP contribution in [0.1, 0.15) is 55.8 Å². The molecule has 2 fully saturated rings. The summed E-state index contributed by atoms with van der Waals surface area (Å²) in [6.07, 6.45) is 5.81. The second kappa shape index (κ2) is 9.54. The van der Waals surface area contributed by atoms with Crippen molar-refractivity contribution in [2.24, 2.45) is 5.92 Å². The average Bonchev–Trinajstić information content (AvgIpc) is 2.63. The van der Waals surface area contributed by atoms with Crippen LogP contribution in [0.15, 0.2) is 18.2 Å². The van der Waals surface area contributed by atoms with Crippen LogP contribution in [0.2, 0.25) is 10.0 Å². The Labute approximate surface area is 184 Å². The van der Waals surface area contributed by atoms with Gasteiger partial charge < -0.3 is 5.32 Å². The van der Waals surface area contributed by atoms with Crippen LogP contribution in [-0.2, 0) is 9.84 Å². The maximum absolute atomic E-state index is 12.7. The van der Waals surface area contributed by atoms with Gasteiger partial charge in [-0.25, -0.2) is 8.42 Å². The first-order valence-corrected chi connectivity index (χ1v) is 13.0. The van der Waals surface area contributed by atoms with Gasteiger partial charge in [0.15, 0.2) is 9.84 Å². The highest BCUT2D eigenvalue weighted by Gasteiger charge is 2.49. The number of nitrogens with zero attached hydrogens (tertiary/aromatic N) is 1. The maximum Gasteiger partial charge on any atom is 0.252 e. The van der Waals surface area contributed by atoms with E-state index in [4.69, 9.17) is 23.2 Å². The van der Waals surface area contributed by atoms with Gasteiger partial charge in [-0.2, -0.15) is 0 Å². The van der Waals surface area contributed by atoms with Crippen LogP contribution in [-0.4, -0.2) is 55.9 Å². The molecule has 0 unspecified atom stereocenters. The number of nitrogens with one attached hydrogen (secondary N) is 1. The lowest BCUT2D eigenvalue weighted by atomic mass is 9.67. The third-order valence-electron chi connectivity index (χ3n) is 6.12. The fraction of sp³-hybridized carbons (Fsp3) is 0.667. The predicted octanol–water partition coefficient (Wildman–Crippen LogP) is 4.18. The zero-order chi connectivity index (χ0) is 21.1. The average molecular weight is 461 g/mol. The highest BCUT2D eigenvalue weighted by Crippen LogP contribution is 2.44. The molecule has 8 heteroatoms. The van der Waals surface area contributed by atoms with E-state index in [1.165, 1.54) is 6.42 Å². The van der Waals surface area contributed by atoms with E-state index < -0.39 is 9.84 Å². The summed E-state index contributed by atoms with van der Waals surface area (Å²) in [6, 6.07) is 4.85. The smallest absolute Gasteiger partial charge is 0.252 e. The van der Waals surface area contributed by atoms with Crippen molar-refractivity contribution in [3.8, 4) is 0 Å². The number of carbonyl (C=O) groups is 1. The molecule has 1 aromatic carbocycles. The van der Waals surface area contributed by atoms with E-state index >= 15 is 0 Å². The number of carbonyl (C=O) groups excluding carboxylic acids is 1. The lowest BCUT2D eigenvalue weighted by Gasteiger charge is -2.55. The maximum atomic E-state index is 12.7. The molecule has 1 aliphatic heterocycles. The summed E-state index contributed by atoms with van der Waals surface area (Å²) in [5, 5.41) is 3.87. The summed E-state index contributed by atoms with van der Waals surface area (Å²) in [7, 11) is -2.99. The van der Waals surface area contributed by atoms with Crippen LogP contribution >= 0.6 is 23.2 Å². The Bertz CT molecular complexity index is 832. The van der Waals surface area contributed by atoms with E-state index in [1.807, 2.05) is 6.92 Å². The topological polar surface area (TPSA) is 66.5 Å². The molecular formula is C21H30Cl2N2O3S. The van der Waals surface area contributed by atoms with Crippen molar-refractivity contribution >= 4 is 38.9 Å². The number of likely N-dealkylation sites (tertiary alicyclic amines) is 1. The van der Waals surface area contributed by atoms with Gasteiger partial charge in [0.05, 0.1) is 16.3 Å². The summed E-state index contributed by atoms with van der Waals surface area (Å²) >= 11 is 12.1. The van der Waals surface area contributed by atoms with Gasteiger partial charge in [0.25, 0.3) is 5.91 Å². The fourth-order valence-electron chi connectivity index (χ4n) is 4.78. The Balaban J connectivity index is 1.66. The van der Waals surface area contributed by atoms with Crippen LogP contribution in [0, 0.1) is 5.92 Å². The summed E-state index contributed by atoms with van der Waals surface area (Å²) in [4.78, 5) is 15.2. The highest BCUT2D eigenvalue weighted by atomic mass is 35.5. The van der Waals surface area contributed by atoms with Gasteiger partial charge in [0.2, 0.25) is 0 Å². The molecule has 3 rings (SSSR count). The predicted molar refractivity (Wildman–Crippen MR) is 119 cm³/mol. The van der Waals surface area contributed by atoms with Crippen LogP contribution < -0.4 is 5.32 Å². The standard InChI is InChI=1S/C21H30Cl2N2O3S/c1-2-10-29(27,28)14-16-12-21(13-16,25-8-4-3-5-9-25)15-24-20(26)18-7-6-17(22)11-19(18)23/h6-7,11,16H,2-5,8-10,12-15H2,1H3,(H,24,26). The molecule has 0 atom stereocenters. The van der Waals surface area contributed by atoms with Crippen molar-refractivity contribution in [2.75, 3.05) is 31.1 Å². The molecule has 1 N–H and O–H groups in total. The first-order valence-electron chi connectivity index (χ1n) is 10.4. The second-order valence-electron chi connectivity index (χ2n) is 8.47. The number of piperidine rings is 1. The van der Waals surface area contributed by atoms with Crippen molar-refractivity contribution in [2.45, 2.75) is 51.0 Å². The van der Waals surface area contributed by atoms with E-state index in [0.29, 0.717) is 28.6 Å². The summed E-state index contributed by atoms with van der Waals surface area (Å²) in [5.41, 5.74) is 0.257. The summed E-state index contributed by atoms with van der Waals surface area (Å²) < 4.78 is 24.5. The quantitative estimate of drug-likeness (QED) is 0.631. The molecule has 1 saturated carbocycles. The molecule has 0 aromatic heterocycles. The van der Waals surface area contributed by atoms with Gasteiger partial charge >= 0.3 is 0 Å². The largest absolute Gasteiger partial charge is 0.350 e. The molecule has 1 amide bonds. The molecule has 2 aliphatic rings. The minimum absolute atomic E-state index is 0.151. The van der Waals surface area contributed by atoms with E-state index in [-0.39, 0.29) is 28.9 Å². The number of benzene rings is 1. The monoisotopic (exact) mass is 460 g/mol.